The first kappa shape index (κ1) is 13.2. The molecule has 0 saturated carbocycles. The summed E-state index contributed by atoms with van der Waals surface area (Å²) >= 11 is 0. The molecule has 0 fully saturated rings. The summed E-state index contributed by atoms with van der Waals surface area (Å²) in [7, 11) is 0. The van der Waals surface area contributed by atoms with Gasteiger partial charge in [-0.3, -0.25) is 0 Å². The van der Waals surface area contributed by atoms with E-state index in [4.69, 9.17) is 16.2 Å². The molecular weight excluding hydrogens is 264 g/mol. The molecule has 3 rings (SSSR count). The molecule has 0 unspecified atom stereocenters. The summed E-state index contributed by atoms with van der Waals surface area (Å²) in [4.78, 5) is 8.10. The molecule has 1 aromatic heterocycles. The first-order valence-corrected chi connectivity index (χ1v) is 6.72. The number of rotatable bonds is 4. The molecule has 0 spiro atoms. The van der Waals surface area contributed by atoms with Crippen molar-refractivity contribution < 1.29 is 4.74 Å². The average Bonchev–Trinajstić information content (AvgIpc) is 2.49. The highest BCUT2D eigenvalue weighted by atomic mass is 16.5. The number of fused-ring (bicyclic) bond motifs is 1. The van der Waals surface area contributed by atoms with Crippen molar-refractivity contribution in [3.05, 3.63) is 54.1 Å². The van der Waals surface area contributed by atoms with Gasteiger partial charge in [0, 0.05) is 11.8 Å². The van der Waals surface area contributed by atoms with Crippen LogP contribution in [0, 0.1) is 0 Å². The van der Waals surface area contributed by atoms with Crippen LogP contribution in [0.5, 0.6) is 5.75 Å². The maximum absolute atomic E-state index is 5.86. The molecule has 0 atom stereocenters. The van der Waals surface area contributed by atoms with Crippen LogP contribution in [0.2, 0.25) is 0 Å². The highest BCUT2D eigenvalue weighted by molar-refractivity contribution is 5.89. The third-order valence-electron chi connectivity index (χ3n) is 3.22. The SMILES string of the molecule is Nc1nc(N)c2cc(OCCc3ccccc3)ccc2n1. The summed E-state index contributed by atoms with van der Waals surface area (Å²) in [6.45, 7) is 0.602. The van der Waals surface area contributed by atoms with Crippen LogP contribution in [0.15, 0.2) is 48.5 Å². The molecule has 21 heavy (non-hydrogen) atoms. The van der Waals surface area contributed by atoms with E-state index in [2.05, 4.69) is 22.1 Å². The smallest absolute Gasteiger partial charge is 0.222 e. The molecule has 0 radical (unpaired) electrons. The number of ether oxygens (including phenoxy) is 1. The van der Waals surface area contributed by atoms with Crippen molar-refractivity contribution in [2.24, 2.45) is 0 Å². The monoisotopic (exact) mass is 280 g/mol. The summed E-state index contributed by atoms with van der Waals surface area (Å²) < 4.78 is 5.76. The fraction of sp³-hybridized carbons (Fsp3) is 0.125. The highest BCUT2D eigenvalue weighted by Gasteiger charge is 2.05. The van der Waals surface area contributed by atoms with Gasteiger partial charge in [-0.2, -0.15) is 4.98 Å². The number of hydrogen-bond donors (Lipinski definition) is 2. The van der Waals surface area contributed by atoms with E-state index >= 15 is 0 Å². The molecule has 2 aromatic carbocycles. The molecule has 0 amide bonds. The lowest BCUT2D eigenvalue weighted by molar-refractivity contribution is 0.322. The third kappa shape index (κ3) is 3.02. The molecule has 5 nitrogen and oxygen atoms in total. The van der Waals surface area contributed by atoms with Gasteiger partial charge >= 0.3 is 0 Å². The predicted octanol–water partition coefficient (Wildman–Crippen LogP) is 2.42. The van der Waals surface area contributed by atoms with Gasteiger partial charge in [0.25, 0.3) is 0 Å². The third-order valence-corrected chi connectivity index (χ3v) is 3.22. The van der Waals surface area contributed by atoms with Crippen LogP contribution < -0.4 is 16.2 Å². The summed E-state index contributed by atoms with van der Waals surface area (Å²) in [6, 6.07) is 15.7. The van der Waals surface area contributed by atoms with Crippen molar-refractivity contribution in [3.63, 3.8) is 0 Å². The van der Waals surface area contributed by atoms with Crippen molar-refractivity contribution in [1.29, 1.82) is 0 Å². The number of aromatic nitrogens is 2. The van der Waals surface area contributed by atoms with Gasteiger partial charge in [0.2, 0.25) is 5.95 Å². The van der Waals surface area contributed by atoms with Gasteiger partial charge in [-0.1, -0.05) is 30.3 Å². The maximum Gasteiger partial charge on any atom is 0.222 e. The summed E-state index contributed by atoms with van der Waals surface area (Å²) in [5.74, 6) is 1.29. The fourth-order valence-corrected chi connectivity index (χ4v) is 2.17. The fourth-order valence-electron chi connectivity index (χ4n) is 2.17. The Morgan fingerprint density at radius 3 is 2.57 bits per heavy atom. The molecule has 0 bridgehead atoms. The van der Waals surface area contributed by atoms with Crippen LogP contribution in [-0.2, 0) is 6.42 Å². The minimum atomic E-state index is 0.178. The minimum Gasteiger partial charge on any atom is -0.493 e. The zero-order chi connectivity index (χ0) is 14.7. The van der Waals surface area contributed by atoms with E-state index in [1.165, 1.54) is 5.56 Å². The lowest BCUT2D eigenvalue weighted by Crippen LogP contribution is -2.03. The van der Waals surface area contributed by atoms with E-state index in [1.807, 2.05) is 36.4 Å². The normalized spacial score (nSPS) is 10.7. The first-order valence-electron chi connectivity index (χ1n) is 6.72. The Hall–Kier alpha value is -2.82. The van der Waals surface area contributed by atoms with E-state index in [1.54, 1.807) is 0 Å². The molecule has 0 saturated heterocycles. The van der Waals surface area contributed by atoms with E-state index in [0.717, 1.165) is 23.1 Å². The Labute approximate surface area is 122 Å². The van der Waals surface area contributed by atoms with Crippen molar-refractivity contribution in [2.75, 3.05) is 18.1 Å². The van der Waals surface area contributed by atoms with Gasteiger partial charge < -0.3 is 16.2 Å². The Morgan fingerprint density at radius 2 is 1.76 bits per heavy atom. The van der Waals surface area contributed by atoms with Crippen LogP contribution in [-0.4, -0.2) is 16.6 Å². The molecule has 5 heteroatoms. The van der Waals surface area contributed by atoms with Crippen LogP contribution in [0.3, 0.4) is 0 Å². The minimum absolute atomic E-state index is 0.178. The second kappa shape index (κ2) is 5.66. The molecule has 0 aliphatic carbocycles. The predicted molar refractivity (Wildman–Crippen MR) is 84.0 cm³/mol. The quantitative estimate of drug-likeness (QED) is 0.766. The van der Waals surface area contributed by atoms with Crippen molar-refractivity contribution >= 4 is 22.7 Å². The lowest BCUT2D eigenvalue weighted by atomic mass is 10.2. The molecule has 0 aliphatic heterocycles. The average molecular weight is 280 g/mol. The number of nitrogen functional groups attached to an aromatic ring is 2. The Bertz CT molecular complexity index is 759. The largest absolute Gasteiger partial charge is 0.493 e. The van der Waals surface area contributed by atoms with Gasteiger partial charge in [0.15, 0.2) is 0 Å². The van der Waals surface area contributed by atoms with Crippen LogP contribution >= 0.6 is 0 Å². The number of hydrogen-bond acceptors (Lipinski definition) is 5. The number of nitrogens with zero attached hydrogens (tertiary/aromatic N) is 2. The van der Waals surface area contributed by atoms with Gasteiger partial charge in [0.1, 0.15) is 11.6 Å². The van der Waals surface area contributed by atoms with E-state index < -0.39 is 0 Å². The summed E-state index contributed by atoms with van der Waals surface area (Å²) in [5.41, 5.74) is 13.4. The Balaban J connectivity index is 1.73. The molecule has 0 aliphatic rings. The van der Waals surface area contributed by atoms with E-state index in [9.17, 15) is 0 Å². The molecule has 1 heterocycles. The molecule has 3 aromatic rings. The molecule has 4 N–H and O–H groups in total. The van der Waals surface area contributed by atoms with Crippen molar-refractivity contribution in [1.82, 2.24) is 9.97 Å². The Morgan fingerprint density at radius 1 is 0.952 bits per heavy atom. The van der Waals surface area contributed by atoms with Gasteiger partial charge in [0.05, 0.1) is 12.1 Å². The number of benzene rings is 2. The molecular formula is C16H16N4O. The van der Waals surface area contributed by atoms with Gasteiger partial charge in [-0.05, 0) is 23.8 Å². The van der Waals surface area contributed by atoms with Gasteiger partial charge in [-0.15, -0.1) is 0 Å². The van der Waals surface area contributed by atoms with Crippen LogP contribution in [0.25, 0.3) is 10.9 Å². The number of anilines is 2. The van der Waals surface area contributed by atoms with Crippen molar-refractivity contribution in [2.45, 2.75) is 6.42 Å². The lowest BCUT2D eigenvalue weighted by Gasteiger charge is -2.08. The molecule has 106 valence electrons. The first-order chi connectivity index (χ1) is 10.2. The zero-order valence-electron chi connectivity index (χ0n) is 11.5. The highest BCUT2D eigenvalue weighted by Crippen LogP contribution is 2.24. The Kier molecular flexibility index (Phi) is 3.55. The van der Waals surface area contributed by atoms with Gasteiger partial charge in [-0.25, -0.2) is 4.98 Å². The number of nitrogens with two attached hydrogens (primary N) is 2. The van der Waals surface area contributed by atoms with E-state index in [0.29, 0.717) is 12.4 Å². The standard InChI is InChI=1S/C16H16N4O/c17-15-13-10-12(6-7-14(13)19-16(18)20-15)21-9-8-11-4-2-1-3-5-11/h1-7,10H,8-9H2,(H4,17,18,19,20). The topological polar surface area (TPSA) is 87.0 Å². The van der Waals surface area contributed by atoms with Crippen LogP contribution in [0.1, 0.15) is 5.56 Å². The summed E-state index contributed by atoms with van der Waals surface area (Å²) in [6.07, 6.45) is 0.854. The zero-order valence-corrected chi connectivity index (χ0v) is 11.5. The van der Waals surface area contributed by atoms with Crippen LogP contribution in [0.4, 0.5) is 11.8 Å². The van der Waals surface area contributed by atoms with E-state index in [-0.39, 0.29) is 5.95 Å². The maximum atomic E-state index is 5.86. The second-order valence-electron chi connectivity index (χ2n) is 4.73. The second-order valence-corrected chi connectivity index (χ2v) is 4.73. The van der Waals surface area contributed by atoms with Crippen molar-refractivity contribution in [3.8, 4) is 5.75 Å². The summed E-state index contributed by atoms with van der Waals surface area (Å²) in [5, 5.41) is 0.751.